The van der Waals surface area contributed by atoms with Gasteiger partial charge in [0.2, 0.25) is 0 Å². The molecule has 0 saturated carbocycles. The first-order valence-electron chi connectivity index (χ1n) is 7.94. The summed E-state index contributed by atoms with van der Waals surface area (Å²) in [6, 6.07) is 3.65. The van der Waals surface area contributed by atoms with Crippen molar-refractivity contribution in [1.29, 1.82) is 0 Å². The Balaban J connectivity index is 1.79. The molecule has 2 rings (SSSR count). The van der Waals surface area contributed by atoms with Crippen molar-refractivity contribution in [3.05, 3.63) is 35.0 Å². The number of amides is 2. The molecule has 1 fully saturated rings. The molecule has 0 bridgehead atoms. The lowest BCUT2D eigenvalue weighted by Crippen LogP contribution is -2.42. The van der Waals surface area contributed by atoms with Crippen LogP contribution < -0.4 is 5.32 Å². The van der Waals surface area contributed by atoms with Crippen LogP contribution in [0.15, 0.2) is 30.2 Å². The number of carbonyl (C=O) groups is 3. The molecule has 0 aliphatic carbocycles. The van der Waals surface area contributed by atoms with Gasteiger partial charge in [-0.2, -0.15) is 0 Å². The zero-order valence-electron chi connectivity index (χ0n) is 13.7. The van der Waals surface area contributed by atoms with Crippen LogP contribution in [0.2, 0.25) is 0 Å². The lowest BCUT2D eigenvalue weighted by atomic mass is 9.97. The van der Waals surface area contributed by atoms with Gasteiger partial charge in [-0.15, -0.1) is 17.9 Å². The molecule has 0 spiro atoms. The molecule has 0 aromatic carbocycles. The average molecular weight is 350 g/mol. The molecular formula is C17H22N2O4S. The first-order valence-corrected chi connectivity index (χ1v) is 8.82. The molecule has 1 aromatic rings. The second-order valence-corrected chi connectivity index (χ2v) is 6.60. The van der Waals surface area contributed by atoms with Gasteiger partial charge >= 0.3 is 5.97 Å². The molecule has 1 unspecified atom stereocenters. The van der Waals surface area contributed by atoms with E-state index in [9.17, 15) is 14.4 Å². The molecule has 2 heterocycles. The first kappa shape index (κ1) is 18.2. The number of likely N-dealkylation sites (tertiary alicyclic amines) is 1. The summed E-state index contributed by atoms with van der Waals surface area (Å²) in [5.74, 6) is -0.978. The maximum absolute atomic E-state index is 12.3. The molecule has 1 aliphatic heterocycles. The van der Waals surface area contributed by atoms with Crippen LogP contribution >= 0.6 is 11.3 Å². The molecule has 130 valence electrons. The quantitative estimate of drug-likeness (QED) is 0.627. The van der Waals surface area contributed by atoms with E-state index in [0.717, 1.165) is 0 Å². The third-order valence-electron chi connectivity index (χ3n) is 3.93. The molecule has 0 radical (unpaired) electrons. The molecule has 1 N–H and O–H groups in total. The molecule has 6 nitrogen and oxygen atoms in total. The molecule has 1 saturated heterocycles. The van der Waals surface area contributed by atoms with E-state index in [1.54, 1.807) is 24.0 Å². The highest BCUT2D eigenvalue weighted by Crippen LogP contribution is 2.22. The number of hydrogen-bond donors (Lipinski definition) is 1. The van der Waals surface area contributed by atoms with Gasteiger partial charge in [-0.3, -0.25) is 14.4 Å². The third-order valence-corrected chi connectivity index (χ3v) is 4.79. The summed E-state index contributed by atoms with van der Waals surface area (Å²) in [7, 11) is 0. The highest BCUT2D eigenvalue weighted by molar-refractivity contribution is 7.12. The van der Waals surface area contributed by atoms with E-state index in [1.807, 2.05) is 11.4 Å². The fourth-order valence-electron chi connectivity index (χ4n) is 2.51. The maximum Gasteiger partial charge on any atom is 0.309 e. The number of rotatable bonds is 6. The van der Waals surface area contributed by atoms with E-state index in [-0.39, 0.29) is 23.7 Å². The van der Waals surface area contributed by atoms with Gasteiger partial charge in [0.25, 0.3) is 11.8 Å². The Morgan fingerprint density at radius 1 is 1.46 bits per heavy atom. The van der Waals surface area contributed by atoms with Gasteiger partial charge < -0.3 is 15.0 Å². The van der Waals surface area contributed by atoms with Gasteiger partial charge in [0.1, 0.15) is 0 Å². The number of ether oxygens (including phenoxy) is 1. The number of hydrogen-bond acceptors (Lipinski definition) is 5. The summed E-state index contributed by atoms with van der Waals surface area (Å²) in [4.78, 5) is 38.6. The van der Waals surface area contributed by atoms with Crippen molar-refractivity contribution < 1.29 is 19.1 Å². The molecule has 24 heavy (non-hydrogen) atoms. The zero-order valence-corrected chi connectivity index (χ0v) is 14.5. The number of nitrogens with one attached hydrogen (secondary N) is 1. The predicted molar refractivity (Wildman–Crippen MR) is 91.7 cm³/mol. The summed E-state index contributed by atoms with van der Waals surface area (Å²) in [5, 5.41) is 4.46. The largest absolute Gasteiger partial charge is 0.452 e. The van der Waals surface area contributed by atoms with Crippen molar-refractivity contribution in [2.24, 2.45) is 5.92 Å². The van der Waals surface area contributed by atoms with Crippen LogP contribution in [-0.4, -0.2) is 48.4 Å². The van der Waals surface area contributed by atoms with Crippen molar-refractivity contribution >= 4 is 29.1 Å². The van der Waals surface area contributed by atoms with Crippen molar-refractivity contribution in [1.82, 2.24) is 10.2 Å². The second-order valence-electron chi connectivity index (χ2n) is 5.66. The Morgan fingerprint density at radius 2 is 2.17 bits per heavy atom. The summed E-state index contributed by atoms with van der Waals surface area (Å²) >= 11 is 1.42. The zero-order chi connectivity index (χ0) is 17.5. The lowest BCUT2D eigenvalue weighted by molar-refractivity contribution is -0.159. The second kappa shape index (κ2) is 8.63. The van der Waals surface area contributed by atoms with E-state index in [2.05, 4.69) is 11.9 Å². The van der Waals surface area contributed by atoms with Crippen molar-refractivity contribution in [2.45, 2.75) is 25.9 Å². The number of esters is 1. The number of nitrogens with zero attached hydrogens (tertiary/aromatic N) is 1. The van der Waals surface area contributed by atoms with Crippen LogP contribution in [0, 0.1) is 5.92 Å². The maximum atomic E-state index is 12.3. The summed E-state index contributed by atoms with van der Waals surface area (Å²) in [5.41, 5.74) is 0. The lowest BCUT2D eigenvalue weighted by Gasteiger charge is -2.31. The highest BCUT2D eigenvalue weighted by atomic mass is 32.1. The monoisotopic (exact) mass is 350 g/mol. The first-order chi connectivity index (χ1) is 11.5. The fourth-order valence-corrected chi connectivity index (χ4v) is 3.21. The van der Waals surface area contributed by atoms with Crippen LogP contribution in [0.4, 0.5) is 0 Å². The molecule has 7 heteroatoms. The summed E-state index contributed by atoms with van der Waals surface area (Å²) in [6.07, 6.45) is 1.84. The molecule has 1 aliphatic rings. The topological polar surface area (TPSA) is 75.7 Å². The fraction of sp³-hybridized carbons (Fsp3) is 0.471. The highest BCUT2D eigenvalue weighted by Gasteiger charge is 2.30. The molecule has 1 aromatic heterocycles. The smallest absolute Gasteiger partial charge is 0.309 e. The predicted octanol–water partition coefficient (Wildman–Crippen LogP) is 1.83. The normalized spacial score (nSPS) is 16.3. The average Bonchev–Trinajstić information content (AvgIpc) is 3.13. The van der Waals surface area contributed by atoms with Gasteiger partial charge in [-0.1, -0.05) is 12.1 Å². The van der Waals surface area contributed by atoms with Gasteiger partial charge in [0, 0.05) is 19.6 Å². The minimum atomic E-state index is -0.830. The molecule has 2 amide bonds. The van der Waals surface area contributed by atoms with E-state index in [4.69, 9.17) is 4.74 Å². The third kappa shape index (κ3) is 4.67. The summed E-state index contributed by atoms with van der Waals surface area (Å²) < 4.78 is 5.23. The van der Waals surface area contributed by atoms with Crippen molar-refractivity contribution in [3.63, 3.8) is 0 Å². The number of thiophene rings is 1. The van der Waals surface area contributed by atoms with Crippen molar-refractivity contribution in [2.75, 3.05) is 19.6 Å². The van der Waals surface area contributed by atoms with Crippen LogP contribution in [0.3, 0.4) is 0 Å². The van der Waals surface area contributed by atoms with Crippen LogP contribution in [0.1, 0.15) is 29.4 Å². The van der Waals surface area contributed by atoms with Gasteiger partial charge in [0.15, 0.2) is 6.10 Å². The van der Waals surface area contributed by atoms with Gasteiger partial charge in [-0.25, -0.2) is 0 Å². The van der Waals surface area contributed by atoms with Crippen molar-refractivity contribution in [3.8, 4) is 0 Å². The Kier molecular flexibility index (Phi) is 6.54. The molecular weight excluding hydrogens is 328 g/mol. The Labute approximate surface area is 145 Å². The Bertz CT molecular complexity index is 592. The van der Waals surface area contributed by atoms with E-state index < -0.39 is 6.10 Å². The van der Waals surface area contributed by atoms with Crippen LogP contribution in [0.25, 0.3) is 0 Å². The minimum Gasteiger partial charge on any atom is -0.452 e. The molecule has 1 atom stereocenters. The van der Waals surface area contributed by atoms with E-state index in [1.165, 1.54) is 11.3 Å². The SMILES string of the molecule is C=CCNC(=O)C(C)OC(=O)C1CCN(C(=O)c2cccs2)CC1. The van der Waals surface area contributed by atoms with Crippen LogP contribution in [-0.2, 0) is 14.3 Å². The van der Waals surface area contributed by atoms with E-state index in [0.29, 0.717) is 37.4 Å². The number of piperidine rings is 1. The van der Waals surface area contributed by atoms with Gasteiger partial charge in [-0.05, 0) is 31.2 Å². The van der Waals surface area contributed by atoms with Crippen LogP contribution in [0.5, 0.6) is 0 Å². The van der Waals surface area contributed by atoms with E-state index >= 15 is 0 Å². The summed E-state index contributed by atoms with van der Waals surface area (Å²) in [6.45, 7) is 6.44. The number of carbonyl (C=O) groups excluding carboxylic acids is 3. The Hall–Kier alpha value is -2.15. The standard InChI is InChI=1S/C17H22N2O4S/c1-3-8-18-15(20)12(2)23-17(22)13-6-9-19(10-7-13)16(21)14-5-4-11-24-14/h3-5,11-13H,1,6-10H2,2H3,(H,18,20). The van der Waals surface area contributed by atoms with Gasteiger partial charge in [0.05, 0.1) is 10.8 Å². The minimum absolute atomic E-state index is 0.00832. The Morgan fingerprint density at radius 3 is 2.75 bits per heavy atom.